The minimum atomic E-state index is 0.0854. The topological polar surface area (TPSA) is 65.5 Å². The third-order valence-electron chi connectivity index (χ3n) is 3.49. The predicted octanol–water partition coefficient (Wildman–Crippen LogP) is 2.50. The van der Waals surface area contributed by atoms with Gasteiger partial charge in [0.05, 0.1) is 24.1 Å². The molecule has 1 heterocycles. The van der Waals surface area contributed by atoms with Crippen LogP contribution >= 0.6 is 0 Å². The van der Waals surface area contributed by atoms with Gasteiger partial charge in [0.2, 0.25) is 0 Å². The molecular formula is C13H21N3O2. The van der Waals surface area contributed by atoms with E-state index in [1.807, 2.05) is 14.1 Å². The SMILES string of the molecule is CCC1OCc2c(NC)c(O)c(NC)c(NC)c21. The van der Waals surface area contributed by atoms with Crippen molar-refractivity contribution >= 4 is 17.1 Å². The van der Waals surface area contributed by atoms with Crippen molar-refractivity contribution in [1.82, 2.24) is 0 Å². The highest BCUT2D eigenvalue weighted by atomic mass is 16.5. The number of anilines is 3. The first-order valence-electron chi connectivity index (χ1n) is 6.26. The van der Waals surface area contributed by atoms with E-state index >= 15 is 0 Å². The van der Waals surface area contributed by atoms with E-state index in [2.05, 4.69) is 22.9 Å². The van der Waals surface area contributed by atoms with E-state index in [9.17, 15) is 5.11 Å². The summed E-state index contributed by atoms with van der Waals surface area (Å²) in [6.45, 7) is 2.64. The molecule has 0 bridgehead atoms. The fourth-order valence-electron chi connectivity index (χ4n) is 2.67. The fraction of sp³-hybridized carbons (Fsp3) is 0.538. The van der Waals surface area contributed by atoms with Crippen LogP contribution in [0.15, 0.2) is 0 Å². The summed E-state index contributed by atoms with van der Waals surface area (Å²) in [5.41, 5.74) is 4.58. The summed E-state index contributed by atoms with van der Waals surface area (Å²) in [5.74, 6) is 0.239. The van der Waals surface area contributed by atoms with Gasteiger partial charge in [0.25, 0.3) is 0 Å². The zero-order chi connectivity index (χ0) is 13.3. The Kier molecular flexibility index (Phi) is 3.52. The van der Waals surface area contributed by atoms with Crippen molar-refractivity contribution in [2.24, 2.45) is 0 Å². The van der Waals surface area contributed by atoms with Crippen molar-refractivity contribution in [2.75, 3.05) is 37.1 Å². The molecule has 5 heteroatoms. The van der Waals surface area contributed by atoms with Crippen LogP contribution in [-0.4, -0.2) is 26.2 Å². The van der Waals surface area contributed by atoms with E-state index in [0.717, 1.165) is 28.9 Å². The first-order valence-corrected chi connectivity index (χ1v) is 6.26. The van der Waals surface area contributed by atoms with E-state index in [4.69, 9.17) is 4.74 Å². The smallest absolute Gasteiger partial charge is 0.164 e. The lowest BCUT2D eigenvalue weighted by molar-refractivity contribution is 0.0640. The lowest BCUT2D eigenvalue weighted by Crippen LogP contribution is -2.07. The second-order valence-corrected chi connectivity index (χ2v) is 4.32. The Morgan fingerprint density at radius 2 is 1.72 bits per heavy atom. The Morgan fingerprint density at radius 3 is 2.22 bits per heavy atom. The number of phenols is 1. The van der Waals surface area contributed by atoms with Crippen LogP contribution in [0, 0.1) is 0 Å². The summed E-state index contributed by atoms with van der Waals surface area (Å²) in [4.78, 5) is 0. The maximum Gasteiger partial charge on any atom is 0.164 e. The van der Waals surface area contributed by atoms with Crippen LogP contribution in [-0.2, 0) is 11.3 Å². The molecule has 0 saturated carbocycles. The van der Waals surface area contributed by atoms with Crippen LogP contribution < -0.4 is 16.0 Å². The number of hydrogen-bond donors (Lipinski definition) is 4. The predicted molar refractivity (Wildman–Crippen MR) is 74.6 cm³/mol. The number of benzene rings is 1. The molecule has 1 unspecified atom stereocenters. The summed E-state index contributed by atoms with van der Waals surface area (Å²) in [6, 6.07) is 0. The molecule has 100 valence electrons. The van der Waals surface area contributed by atoms with Gasteiger partial charge in [0.1, 0.15) is 5.69 Å². The molecule has 4 N–H and O–H groups in total. The van der Waals surface area contributed by atoms with E-state index in [-0.39, 0.29) is 11.9 Å². The lowest BCUT2D eigenvalue weighted by atomic mass is 9.97. The van der Waals surface area contributed by atoms with Crippen molar-refractivity contribution in [3.63, 3.8) is 0 Å². The molecule has 1 atom stereocenters. The summed E-state index contributed by atoms with van der Waals surface area (Å²) >= 11 is 0. The van der Waals surface area contributed by atoms with Gasteiger partial charge in [-0.05, 0) is 6.42 Å². The minimum Gasteiger partial charge on any atom is -0.504 e. The van der Waals surface area contributed by atoms with Gasteiger partial charge in [-0.15, -0.1) is 0 Å². The van der Waals surface area contributed by atoms with Crippen LogP contribution in [0.25, 0.3) is 0 Å². The molecule has 0 aromatic heterocycles. The molecule has 0 radical (unpaired) electrons. The van der Waals surface area contributed by atoms with E-state index in [1.165, 1.54) is 0 Å². The van der Waals surface area contributed by atoms with Gasteiger partial charge in [-0.2, -0.15) is 0 Å². The highest BCUT2D eigenvalue weighted by molar-refractivity contribution is 5.88. The number of nitrogens with one attached hydrogen (secondary N) is 3. The third kappa shape index (κ3) is 1.66. The quantitative estimate of drug-likeness (QED) is 0.619. The van der Waals surface area contributed by atoms with Crippen LogP contribution in [0.1, 0.15) is 30.6 Å². The molecule has 1 aliphatic rings. The molecular weight excluding hydrogens is 230 g/mol. The Bertz CT molecular complexity index is 460. The average Bonchev–Trinajstić information content (AvgIpc) is 2.80. The highest BCUT2D eigenvalue weighted by Gasteiger charge is 2.31. The van der Waals surface area contributed by atoms with Crippen molar-refractivity contribution in [3.8, 4) is 5.75 Å². The number of fused-ring (bicyclic) bond motifs is 1. The Balaban J connectivity index is 2.73. The summed E-state index contributed by atoms with van der Waals surface area (Å²) in [5, 5.41) is 19.6. The molecule has 0 fully saturated rings. The normalized spacial score (nSPS) is 17.4. The number of aromatic hydroxyl groups is 1. The fourth-order valence-corrected chi connectivity index (χ4v) is 2.67. The first kappa shape index (κ1) is 12.8. The molecule has 5 nitrogen and oxygen atoms in total. The Hall–Kier alpha value is -1.62. The zero-order valence-electron chi connectivity index (χ0n) is 11.3. The third-order valence-corrected chi connectivity index (χ3v) is 3.49. The van der Waals surface area contributed by atoms with Gasteiger partial charge in [-0.3, -0.25) is 0 Å². The second-order valence-electron chi connectivity index (χ2n) is 4.32. The molecule has 1 aliphatic heterocycles. The van der Waals surface area contributed by atoms with E-state index in [0.29, 0.717) is 12.3 Å². The van der Waals surface area contributed by atoms with Gasteiger partial charge in [-0.25, -0.2) is 0 Å². The molecule has 0 saturated heterocycles. The molecule has 0 spiro atoms. The maximum absolute atomic E-state index is 10.3. The summed E-state index contributed by atoms with van der Waals surface area (Å²) in [6.07, 6.45) is 1.00. The van der Waals surface area contributed by atoms with Crippen molar-refractivity contribution < 1.29 is 9.84 Å². The number of ether oxygens (including phenoxy) is 1. The van der Waals surface area contributed by atoms with Gasteiger partial charge in [-0.1, -0.05) is 6.92 Å². The molecule has 2 rings (SSSR count). The standard InChI is InChI=1S/C13H21N3O2/c1-5-8-9-7(6-18-8)10(14-2)13(17)12(16-4)11(9)15-3/h8,14-17H,5-6H2,1-4H3. The number of hydrogen-bond acceptors (Lipinski definition) is 5. The Labute approximate surface area is 108 Å². The van der Waals surface area contributed by atoms with Gasteiger partial charge in [0.15, 0.2) is 5.75 Å². The molecule has 18 heavy (non-hydrogen) atoms. The monoisotopic (exact) mass is 251 g/mol. The maximum atomic E-state index is 10.3. The van der Waals surface area contributed by atoms with Crippen molar-refractivity contribution in [3.05, 3.63) is 11.1 Å². The van der Waals surface area contributed by atoms with Crippen LogP contribution in [0.3, 0.4) is 0 Å². The molecule has 0 amide bonds. The van der Waals surface area contributed by atoms with Crippen molar-refractivity contribution in [1.29, 1.82) is 0 Å². The van der Waals surface area contributed by atoms with Gasteiger partial charge < -0.3 is 25.8 Å². The summed E-state index contributed by atoms with van der Waals surface area (Å²) < 4.78 is 5.79. The average molecular weight is 251 g/mol. The lowest BCUT2D eigenvalue weighted by Gasteiger charge is -2.21. The van der Waals surface area contributed by atoms with Crippen LogP contribution in [0.5, 0.6) is 5.75 Å². The van der Waals surface area contributed by atoms with Gasteiger partial charge in [0, 0.05) is 32.3 Å². The van der Waals surface area contributed by atoms with Crippen molar-refractivity contribution in [2.45, 2.75) is 26.1 Å². The van der Waals surface area contributed by atoms with Crippen LogP contribution in [0.2, 0.25) is 0 Å². The first-order chi connectivity index (χ1) is 8.69. The Morgan fingerprint density at radius 1 is 1.11 bits per heavy atom. The number of phenolic OH excluding ortho intramolecular Hbond substituents is 1. The summed E-state index contributed by atoms with van der Waals surface area (Å²) in [7, 11) is 5.48. The molecule has 0 aliphatic carbocycles. The van der Waals surface area contributed by atoms with E-state index < -0.39 is 0 Å². The number of rotatable bonds is 4. The molecule has 1 aromatic carbocycles. The van der Waals surface area contributed by atoms with Gasteiger partial charge >= 0.3 is 0 Å². The second kappa shape index (κ2) is 4.94. The largest absolute Gasteiger partial charge is 0.504 e. The van der Waals surface area contributed by atoms with Crippen LogP contribution in [0.4, 0.5) is 17.1 Å². The minimum absolute atomic E-state index is 0.0854. The zero-order valence-corrected chi connectivity index (χ0v) is 11.3. The molecule has 1 aromatic rings. The highest BCUT2D eigenvalue weighted by Crippen LogP contribution is 2.50. The van der Waals surface area contributed by atoms with E-state index in [1.54, 1.807) is 7.05 Å².